The minimum absolute atomic E-state index is 0.00702. The number of aryl methyl sites for hydroxylation is 3. The van der Waals surface area contributed by atoms with E-state index in [-0.39, 0.29) is 11.5 Å². The number of hydrogen-bond donors (Lipinski definition) is 1. The zero-order chi connectivity index (χ0) is 14.2. The summed E-state index contributed by atoms with van der Waals surface area (Å²) in [5.41, 5.74) is 11.0. The van der Waals surface area contributed by atoms with E-state index in [0.717, 1.165) is 11.4 Å². The van der Waals surface area contributed by atoms with Crippen molar-refractivity contribution in [2.24, 2.45) is 5.73 Å². The van der Waals surface area contributed by atoms with Crippen LogP contribution >= 0.6 is 0 Å². The third-order valence-electron chi connectivity index (χ3n) is 3.53. The summed E-state index contributed by atoms with van der Waals surface area (Å²) in [6.45, 7) is 7.94. The van der Waals surface area contributed by atoms with Crippen LogP contribution in [0, 0.1) is 20.8 Å². The molecule has 1 heterocycles. The van der Waals surface area contributed by atoms with E-state index in [0.29, 0.717) is 5.56 Å². The quantitative estimate of drug-likeness (QED) is 0.898. The van der Waals surface area contributed by atoms with Gasteiger partial charge in [-0.15, -0.1) is 0 Å². The van der Waals surface area contributed by atoms with E-state index in [1.807, 2.05) is 24.6 Å². The van der Waals surface area contributed by atoms with Crippen LogP contribution in [0.25, 0.3) is 5.69 Å². The van der Waals surface area contributed by atoms with Crippen LogP contribution in [-0.4, -0.2) is 4.57 Å². The molecule has 0 saturated heterocycles. The predicted octanol–water partition coefficient (Wildman–Crippen LogP) is 2.78. The Hall–Kier alpha value is -1.87. The maximum atomic E-state index is 11.9. The summed E-state index contributed by atoms with van der Waals surface area (Å²) >= 11 is 0. The minimum atomic E-state index is -0.258. The number of nitrogens with zero attached hydrogens (tertiary/aromatic N) is 1. The van der Waals surface area contributed by atoms with E-state index < -0.39 is 0 Å². The van der Waals surface area contributed by atoms with Gasteiger partial charge < -0.3 is 10.3 Å². The van der Waals surface area contributed by atoms with Gasteiger partial charge in [-0.25, -0.2) is 0 Å². The van der Waals surface area contributed by atoms with Crippen molar-refractivity contribution < 1.29 is 0 Å². The molecule has 0 radical (unpaired) electrons. The molecule has 1 atom stereocenters. The van der Waals surface area contributed by atoms with Gasteiger partial charge >= 0.3 is 0 Å². The summed E-state index contributed by atoms with van der Waals surface area (Å²) in [7, 11) is 0. The van der Waals surface area contributed by atoms with Gasteiger partial charge in [-0.3, -0.25) is 4.79 Å². The summed E-state index contributed by atoms with van der Waals surface area (Å²) in [5.74, 6) is 0. The topological polar surface area (TPSA) is 48.0 Å². The zero-order valence-corrected chi connectivity index (χ0v) is 11.9. The van der Waals surface area contributed by atoms with E-state index in [2.05, 4.69) is 32.0 Å². The van der Waals surface area contributed by atoms with Crippen molar-refractivity contribution in [3.05, 3.63) is 63.1 Å². The van der Waals surface area contributed by atoms with Crippen molar-refractivity contribution >= 4 is 0 Å². The van der Waals surface area contributed by atoms with Crippen molar-refractivity contribution in [1.29, 1.82) is 0 Å². The molecule has 0 spiro atoms. The summed E-state index contributed by atoms with van der Waals surface area (Å²) in [5, 5.41) is 0. The van der Waals surface area contributed by atoms with Gasteiger partial charge in [0.15, 0.2) is 5.43 Å². The monoisotopic (exact) mass is 256 g/mol. The lowest BCUT2D eigenvalue weighted by atomic mass is 10.1. The standard InChI is InChI=1S/C16H20N2O/c1-10-5-6-14(7-11(10)2)18-9-15(13(4)17)16(19)8-12(18)3/h5-9,13H,17H2,1-4H3. The van der Waals surface area contributed by atoms with Crippen molar-refractivity contribution in [3.63, 3.8) is 0 Å². The summed E-state index contributed by atoms with van der Waals surface area (Å²) in [4.78, 5) is 11.9. The van der Waals surface area contributed by atoms with Gasteiger partial charge in [0.1, 0.15) is 0 Å². The SMILES string of the molecule is Cc1ccc(-n2cc(C(C)N)c(=O)cc2C)cc1C. The number of pyridine rings is 1. The van der Waals surface area contributed by atoms with E-state index in [4.69, 9.17) is 5.73 Å². The molecule has 2 N–H and O–H groups in total. The van der Waals surface area contributed by atoms with Crippen molar-refractivity contribution in [3.8, 4) is 5.69 Å². The molecule has 19 heavy (non-hydrogen) atoms. The third kappa shape index (κ3) is 2.61. The average molecular weight is 256 g/mol. The summed E-state index contributed by atoms with van der Waals surface area (Å²) in [6.07, 6.45) is 1.85. The molecule has 100 valence electrons. The second-order valence-corrected chi connectivity index (χ2v) is 5.16. The van der Waals surface area contributed by atoms with Crippen LogP contribution in [-0.2, 0) is 0 Å². The first-order chi connectivity index (χ1) is 8.90. The molecule has 0 saturated carbocycles. The second-order valence-electron chi connectivity index (χ2n) is 5.16. The lowest BCUT2D eigenvalue weighted by molar-refractivity contribution is 0.786. The Labute approximate surface area is 113 Å². The van der Waals surface area contributed by atoms with Gasteiger partial charge in [0, 0.05) is 35.2 Å². The number of aromatic nitrogens is 1. The van der Waals surface area contributed by atoms with Crippen LogP contribution in [0.2, 0.25) is 0 Å². The molecule has 3 nitrogen and oxygen atoms in total. The Morgan fingerprint density at radius 1 is 1.11 bits per heavy atom. The van der Waals surface area contributed by atoms with Gasteiger partial charge in [-0.1, -0.05) is 6.07 Å². The highest BCUT2D eigenvalue weighted by Crippen LogP contribution is 2.17. The van der Waals surface area contributed by atoms with Crippen LogP contribution in [0.1, 0.15) is 35.3 Å². The maximum absolute atomic E-state index is 11.9. The predicted molar refractivity (Wildman–Crippen MR) is 78.9 cm³/mol. The Bertz CT molecular complexity index is 669. The molecule has 0 amide bonds. The molecule has 0 aliphatic carbocycles. The fourth-order valence-electron chi connectivity index (χ4n) is 2.14. The van der Waals surface area contributed by atoms with Crippen LogP contribution in [0.5, 0.6) is 0 Å². The lowest BCUT2D eigenvalue weighted by Gasteiger charge is -2.15. The number of hydrogen-bond acceptors (Lipinski definition) is 2. The highest BCUT2D eigenvalue weighted by molar-refractivity contribution is 5.41. The van der Waals surface area contributed by atoms with Gasteiger partial charge in [0.25, 0.3) is 0 Å². The van der Waals surface area contributed by atoms with Gasteiger partial charge in [-0.2, -0.15) is 0 Å². The normalized spacial score (nSPS) is 12.5. The smallest absolute Gasteiger partial charge is 0.186 e. The Kier molecular flexibility index (Phi) is 3.58. The maximum Gasteiger partial charge on any atom is 0.186 e. The van der Waals surface area contributed by atoms with Gasteiger partial charge in [-0.05, 0) is 51.0 Å². The van der Waals surface area contributed by atoms with E-state index in [1.165, 1.54) is 11.1 Å². The molecule has 3 heteroatoms. The second kappa shape index (κ2) is 5.02. The van der Waals surface area contributed by atoms with E-state index in [9.17, 15) is 4.79 Å². The molecule has 2 rings (SSSR count). The average Bonchev–Trinajstić information content (AvgIpc) is 2.32. The third-order valence-corrected chi connectivity index (χ3v) is 3.53. The van der Waals surface area contributed by atoms with Crippen LogP contribution in [0.15, 0.2) is 35.3 Å². The van der Waals surface area contributed by atoms with E-state index >= 15 is 0 Å². The molecule has 0 aliphatic heterocycles. The Balaban J connectivity index is 2.64. The molecule has 1 unspecified atom stereocenters. The molecule has 1 aromatic heterocycles. The Morgan fingerprint density at radius 3 is 2.37 bits per heavy atom. The van der Waals surface area contributed by atoms with Crippen molar-refractivity contribution in [1.82, 2.24) is 4.57 Å². The highest BCUT2D eigenvalue weighted by Gasteiger charge is 2.09. The van der Waals surface area contributed by atoms with Crippen LogP contribution in [0.3, 0.4) is 0 Å². The molecular formula is C16H20N2O. The van der Waals surface area contributed by atoms with Gasteiger partial charge in [0.2, 0.25) is 0 Å². The number of rotatable bonds is 2. The largest absolute Gasteiger partial charge is 0.324 e. The first-order valence-corrected chi connectivity index (χ1v) is 6.46. The van der Waals surface area contributed by atoms with Gasteiger partial charge in [0.05, 0.1) is 0 Å². The molecule has 1 aromatic carbocycles. The molecule has 0 aliphatic rings. The zero-order valence-electron chi connectivity index (χ0n) is 11.9. The first kappa shape index (κ1) is 13.6. The molecular weight excluding hydrogens is 236 g/mol. The lowest BCUT2D eigenvalue weighted by Crippen LogP contribution is -2.20. The van der Waals surface area contributed by atoms with Crippen molar-refractivity contribution in [2.45, 2.75) is 33.7 Å². The fourth-order valence-corrected chi connectivity index (χ4v) is 2.14. The highest BCUT2D eigenvalue weighted by atomic mass is 16.1. The molecule has 0 fully saturated rings. The molecule has 0 bridgehead atoms. The van der Waals surface area contributed by atoms with Crippen molar-refractivity contribution in [2.75, 3.05) is 0 Å². The Morgan fingerprint density at radius 2 is 1.79 bits per heavy atom. The number of nitrogens with two attached hydrogens (primary N) is 1. The number of benzene rings is 1. The van der Waals surface area contributed by atoms with E-state index in [1.54, 1.807) is 6.07 Å². The van der Waals surface area contributed by atoms with Crippen LogP contribution < -0.4 is 11.2 Å². The van der Waals surface area contributed by atoms with Crippen LogP contribution in [0.4, 0.5) is 0 Å². The first-order valence-electron chi connectivity index (χ1n) is 6.46. The summed E-state index contributed by atoms with van der Waals surface area (Å²) in [6, 6.07) is 7.66. The minimum Gasteiger partial charge on any atom is -0.324 e. The summed E-state index contributed by atoms with van der Waals surface area (Å²) < 4.78 is 2.02. The molecule has 2 aromatic rings. The fraction of sp³-hybridized carbons (Fsp3) is 0.312.